The molecule has 1 aliphatic carbocycles. The SMILES string of the molecule is CC12CC=CC=C1C(c1ccccc1)=C(CN)NC2=O. The molecule has 20 heavy (non-hydrogen) atoms. The number of nitrogens with two attached hydrogens (primary N) is 1. The van der Waals surface area contributed by atoms with E-state index < -0.39 is 5.41 Å². The molecule has 0 saturated carbocycles. The van der Waals surface area contributed by atoms with Gasteiger partial charge in [-0.2, -0.15) is 0 Å². The van der Waals surface area contributed by atoms with Crippen LogP contribution in [0, 0.1) is 5.41 Å². The molecular weight excluding hydrogens is 248 g/mol. The Labute approximate surface area is 118 Å². The average Bonchev–Trinajstić information content (AvgIpc) is 2.48. The Kier molecular flexibility index (Phi) is 3.07. The zero-order chi connectivity index (χ0) is 14.2. The Hall–Kier alpha value is -2.13. The van der Waals surface area contributed by atoms with Crippen LogP contribution in [0.1, 0.15) is 18.9 Å². The Balaban J connectivity index is 2.24. The zero-order valence-electron chi connectivity index (χ0n) is 11.5. The summed E-state index contributed by atoms with van der Waals surface area (Å²) in [6.45, 7) is 2.32. The molecule has 1 amide bonds. The number of fused-ring (bicyclic) bond motifs is 1. The van der Waals surface area contributed by atoms with Crippen LogP contribution in [-0.2, 0) is 4.79 Å². The maximum atomic E-state index is 12.4. The molecule has 1 atom stereocenters. The van der Waals surface area contributed by atoms with Crippen LogP contribution < -0.4 is 11.1 Å². The number of allylic oxidation sites excluding steroid dienone is 4. The quantitative estimate of drug-likeness (QED) is 0.863. The first-order valence-corrected chi connectivity index (χ1v) is 6.84. The van der Waals surface area contributed by atoms with E-state index in [2.05, 4.69) is 17.4 Å². The van der Waals surface area contributed by atoms with E-state index in [4.69, 9.17) is 5.73 Å². The van der Waals surface area contributed by atoms with E-state index >= 15 is 0 Å². The lowest BCUT2D eigenvalue weighted by molar-refractivity contribution is -0.127. The van der Waals surface area contributed by atoms with Gasteiger partial charge in [0.15, 0.2) is 0 Å². The van der Waals surface area contributed by atoms with Crippen LogP contribution >= 0.6 is 0 Å². The Morgan fingerprint density at radius 1 is 1.30 bits per heavy atom. The summed E-state index contributed by atoms with van der Waals surface area (Å²) >= 11 is 0. The van der Waals surface area contributed by atoms with Gasteiger partial charge in [0.05, 0.1) is 5.41 Å². The third kappa shape index (κ3) is 1.82. The number of amides is 1. The van der Waals surface area contributed by atoms with Crippen LogP contribution in [0.15, 0.2) is 59.8 Å². The van der Waals surface area contributed by atoms with E-state index in [1.54, 1.807) is 0 Å². The van der Waals surface area contributed by atoms with Gasteiger partial charge in [-0.3, -0.25) is 4.79 Å². The van der Waals surface area contributed by atoms with Gasteiger partial charge >= 0.3 is 0 Å². The van der Waals surface area contributed by atoms with Crippen LogP contribution in [-0.4, -0.2) is 12.5 Å². The van der Waals surface area contributed by atoms with Crippen molar-refractivity contribution in [1.82, 2.24) is 5.32 Å². The molecule has 2 aliphatic rings. The Morgan fingerprint density at radius 3 is 2.75 bits per heavy atom. The van der Waals surface area contributed by atoms with Crippen molar-refractivity contribution >= 4 is 11.5 Å². The van der Waals surface area contributed by atoms with Gasteiger partial charge in [0.1, 0.15) is 0 Å². The molecule has 0 aromatic heterocycles. The molecule has 3 N–H and O–H groups in total. The average molecular weight is 266 g/mol. The van der Waals surface area contributed by atoms with Crippen molar-refractivity contribution < 1.29 is 4.79 Å². The van der Waals surface area contributed by atoms with Gasteiger partial charge < -0.3 is 11.1 Å². The van der Waals surface area contributed by atoms with Crippen molar-refractivity contribution in [3.63, 3.8) is 0 Å². The summed E-state index contributed by atoms with van der Waals surface area (Å²) in [7, 11) is 0. The Bertz CT molecular complexity index is 640. The first-order chi connectivity index (χ1) is 9.66. The van der Waals surface area contributed by atoms with Crippen LogP contribution in [0.4, 0.5) is 0 Å². The van der Waals surface area contributed by atoms with Crippen LogP contribution in [0.2, 0.25) is 0 Å². The monoisotopic (exact) mass is 266 g/mol. The lowest BCUT2D eigenvalue weighted by atomic mass is 9.69. The van der Waals surface area contributed by atoms with Crippen molar-refractivity contribution in [2.45, 2.75) is 13.3 Å². The number of rotatable bonds is 2. The van der Waals surface area contributed by atoms with Gasteiger partial charge in [-0.1, -0.05) is 48.6 Å². The summed E-state index contributed by atoms with van der Waals surface area (Å²) in [6.07, 6.45) is 6.82. The highest BCUT2D eigenvalue weighted by molar-refractivity contribution is 6.00. The Morgan fingerprint density at radius 2 is 2.05 bits per heavy atom. The summed E-state index contributed by atoms with van der Waals surface area (Å²) in [5.41, 5.74) is 9.38. The van der Waals surface area contributed by atoms with E-state index in [1.807, 2.05) is 43.4 Å². The van der Waals surface area contributed by atoms with Crippen molar-refractivity contribution in [2.24, 2.45) is 11.1 Å². The highest BCUT2D eigenvalue weighted by Gasteiger charge is 2.43. The van der Waals surface area contributed by atoms with Crippen LogP contribution in [0.3, 0.4) is 0 Å². The van der Waals surface area contributed by atoms with Crippen molar-refractivity contribution in [2.75, 3.05) is 6.54 Å². The third-order valence-corrected chi connectivity index (χ3v) is 4.12. The van der Waals surface area contributed by atoms with Crippen LogP contribution in [0.25, 0.3) is 5.57 Å². The molecule has 1 heterocycles. The van der Waals surface area contributed by atoms with Crippen molar-refractivity contribution in [3.05, 3.63) is 65.4 Å². The fourth-order valence-electron chi connectivity index (χ4n) is 2.92. The van der Waals surface area contributed by atoms with E-state index in [1.165, 1.54) is 0 Å². The molecule has 0 radical (unpaired) electrons. The lowest BCUT2D eigenvalue weighted by Gasteiger charge is -2.39. The van der Waals surface area contributed by atoms with Crippen LogP contribution in [0.5, 0.6) is 0 Å². The minimum absolute atomic E-state index is 0.0354. The normalized spacial score (nSPS) is 25.1. The number of hydrogen-bond donors (Lipinski definition) is 2. The van der Waals surface area contributed by atoms with Crippen molar-refractivity contribution in [1.29, 1.82) is 0 Å². The molecular formula is C17H18N2O. The highest BCUT2D eigenvalue weighted by atomic mass is 16.2. The summed E-state index contributed by atoms with van der Waals surface area (Å²) < 4.78 is 0. The third-order valence-electron chi connectivity index (χ3n) is 4.12. The smallest absolute Gasteiger partial charge is 0.234 e. The largest absolute Gasteiger partial charge is 0.327 e. The predicted octanol–water partition coefficient (Wildman–Crippen LogP) is 2.38. The minimum Gasteiger partial charge on any atom is -0.327 e. The molecule has 3 heteroatoms. The second-order valence-electron chi connectivity index (χ2n) is 5.42. The molecule has 3 rings (SSSR count). The number of carbonyl (C=O) groups is 1. The first-order valence-electron chi connectivity index (χ1n) is 6.84. The van der Waals surface area contributed by atoms with Gasteiger partial charge in [0, 0.05) is 17.8 Å². The summed E-state index contributed by atoms with van der Waals surface area (Å²) in [6, 6.07) is 10.1. The zero-order valence-corrected chi connectivity index (χ0v) is 11.5. The van der Waals surface area contributed by atoms with Gasteiger partial charge in [-0.15, -0.1) is 0 Å². The number of nitrogens with one attached hydrogen (secondary N) is 1. The molecule has 1 unspecified atom stereocenters. The fraction of sp³-hybridized carbons (Fsp3) is 0.235. The fourth-order valence-corrected chi connectivity index (χ4v) is 2.92. The van der Waals surface area contributed by atoms with E-state index in [9.17, 15) is 4.79 Å². The summed E-state index contributed by atoms with van der Waals surface area (Å²) in [5.74, 6) is 0.0354. The number of hydrogen-bond acceptors (Lipinski definition) is 2. The maximum absolute atomic E-state index is 12.4. The predicted molar refractivity (Wildman–Crippen MR) is 80.5 cm³/mol. The topological polar surface area (TPSA) is 55.1 Å². The molecule has 0 bridgehead atoms. The maximum Gasteiger partial charge on any atom is 0.234 e. The summed E-state index contributed by atoms with van der Waals surface area (Å²) in [4.78, 5) is 12.4. The van der Waals surface area contributed by atoms with Gasteiger partial charge in [-0.05, 0) is 24.5 Å². The van der Waals surface area contributed by atoms with Gasteiger partial charge in [0.25, 0.3) is 0 Å². The molecule has 3 nitrogen and oxygen atoms in total. The number of carbonyl (C=O) groups excluding carboxylic acids is 1. The molecule has 0 saturated heterocycles. The molecule has 0 spiro atoms. The number of benzene rings is 1. The second-order valence-corrected chi connectivity index (χ2v) is 5.42. The first kappa shape index (κ1) is 12.9. The molecule has 0 fully saturated rings. The van der Waals surface area contributed by atoms with E-state index in [-0.39, 0.29) is 5.91 Å². The summed E-state index contributed by atoms with van der Waals surface area (Å²) in [5, 5.41) is 3.00. The molecule has 1 aromatic rings. The highest BCUT2D eigenvalue weighted by Crippen LogP contribution is 2.46. The lowest BCUT2D eigenvalue weighted by Crippen LogP contribution is -2.46. The second kappa shape index (κ2) is 4.76. The molecule has 1 aromatic carbocycles. The van der Waals surface area contributed by atoms with Gasteiger partial charge in [-0.25, -0.2) is 0 Å². The molecule has 102 valence electrons. The molecule has 1 aliphatic heterocycles. The van der Waals surface area contributed by atoms with Gasteiger partial charge in [0.2, 0.25) is 5.91 Å². The minimum atomic E-state index is -0.501. The van der Waals surface area contributed by atoms with Crippen molar-refractivity contribution in [3.8, 4) is 0 Å². The standard InChI is InChI=1S/C17H18N2O/c1-17-10-6-5-9-13(17)15(12-7-3-2-4-8-12)14(11-18)19-16(17)20/h2-9H,10-11,18H2,1H3,(H,19,20). The van der Waals surface area contributed by atoms with E-state index in [0.29, 0.717) is 6.54 Å². The van der Waals surface area contributed by atoms with E-state index in [0.717, 1.165) is 28.8 Å².